The molecule has 0 radical (unpaired) electrons. The maximum absolute atomic E-state index is 12.7. The molecule has 0 unspecified atom stereocenters. The van der Waals surface area contributed by atoms with Gasteiger partial charge in [-0.1, -0.05) is 19.3 Å². The van der Waals surface area contributed by atoms with Gasteiger partial charge in [-0.3, -0.25) is 9.59 Å². The van der Waals surface area contributed by atoms with Crippen molar-refractivity contribution in [2.45, 2.75) is 51.1 Å². The van der Waals surface area contributed by atoms with Crippen molar-refractivity contribution < 1.29 is 9.59 Å². The Morgan fingerprint density at radius 1 is 1.35 bits per heavy atom. The van der Waals surface area contributed by atoms with Gasteiger partial charge in [0.15, 0.2) is 0 Å². The maximum Gasteiger partial charge on any atom is 0.249 e. The van der Waals surface area contributed by atoms with Crippen LogP contribution in [-0.2, 0) is 16.1 Å². The van der Waals surface area contributed by atoms with Crippen LogP contribution >= 0.6 is 11.3 Å². The molecule has 1 aliphatic carbocycles. The number of nitrogens with zero attached hydrogens (tertiary/aromatic N) is 2. The molecular weight excluding hydrogens is 274 g/mol. The Kier molecular flexibility index (Phi) is 3.50. The summed E-state index contributed by atoms with van der Waals surface area (Å²) in [6.07, 6.45) is 4.71. The molecule has 3 rings (SSSR count). The molecule has 1 aliphatic heterocycles. The summed E-state index contributed by atoms with van der Waals surface area (Å²) in [4.78, 5) is 30.8. The number of carbonyl (C=O) groups is 2. The van der Waals surface area contributed by atoms with Gasteiger partial charge in [0.1, 0.15) is 17.1 Å². The Morgan fingerprint density at radius 3 is 2.75 bits per heavy atom. The minimum absolute atomic E-state index is 0.0419. The molecule has 2 aliphatic rings. The van der Waals surface area contributed by atoms with Crippen molar-refractivity contribution >= 4 is 23.2 Å². The van der Waals surface area contributed by atoms with E-state index < -0.39 is 5.54 Å². The molecule has 5 nitrogen and oxygen atoms in total. The van der Waals surface area contributed by atoms with Crippen molar-refractivity contribution in [1.29, 1.82) is 0 Å². The molecule has 0 bridgehead atoms. The van der Waals surface area contributed by atoms with Crippen molar-refractivity contribution in [2.75, 3.05) is 6.54 Å². The summed E-state index contributed by atoms with van der Waals surface area (Å²) in [6.45, 7) is 2.54. The second-order valence-electron chi connectivity index (χ2n) is 5.73. The zero-order chi connectivity index (χ0) is 14.2. The minimum Gasteiger partial charge on any atom is -0.340 e. The van der Waals surface area contributed by atoms with Crippen LogP contribution in [-0.4, -0.2) is 33.8 Å². The van der Waals surface area contributed by atoms with Crippen LogP contribution in [0.2, 0.25) is 0 Å². The number of nitrogens with one attached hydrogen (secondary N) is 1. The van der Waals surface area contributed by atoms with Gasteiger partial charge in [-0.15, -0.1) is 11.3 Å². The highest BCUT2D eigenvalue weighted by atomic mass is 32.1. The van der Waals surface area contributed by atoms with Gasteiger partial charge >= 0.3 is 0 Å². The number of thiazole rings is 1. The average Bonchev–Trinajstić information content (AvgIpc) is 2.82. The summed E-state index contributed by atoms with van der Waals surface area (Å²) in [6, 6.07) is 0. The van der Waals surface area contributed by atoms with Crippen LogP contribution in [0.1, 0.15) is 42.8 Å². The van der Waals surface area contributed by atoms with E-state index in [0.717, 1.165) is 42.8 Å². The molecule has 2 fully saturated rings. The Balaban J connectivity index is 1.80. The third-order valence-corrected chi connectivity index (χ3v) is 5.06. The number of hydrogen-bond acceptors (Lipinski definition) is 4. The fourth-order valence-corrected chi connectivity index (χ4v) is 3.95. The van der Waals surface area contributed by atoms with Gasteiger partial charge in [0, 0.05) is 11.1 Å². The fourth-order valence-electron chi connectivity index (χ4n) is 3.17. The summed E-state index contributed by atoms with van der Waals surface area (Å²) in [5.74, 6) is 0.0319. The molecule has 1 aromatic heterocycles. The van der Waals surface area contributed by atoms with Crippen LogP contribution in [0.4, 0.5) is 0 Å². The van der Waals surface area contributed by atoms with Gasteiger partial charge < -0.3 is 10.2 Å². The number of aryl methyl sites for hydroxylation is 1. The van der Waals surface area contributed by atoms with Crippen molar-refractivity contribution in [3.63, 3.8) is 0 Å². The number of piperazine rings is 1. The Labute approximate surface area is 122 Å². The number of hydrogen-bond donors (Lipinski definition) is 1. The van der Waals surface area contributed by atoms with Crippen LogP contribution in [0.15, 0.2) is 5.38 Å². The van der Waals surface area contributed by atoms with E-state index in [9.17, 15) is 9.59 Å². The fraction of sp³-hybridized carbons (Fsp3) is 0.643. The van der Waals surface area contributed by atoms with E-state index in [2.05, 4.69) is 10.3 Å². The summed E-state index contributed by atoms with van der Waals surface area (Å²) < 4.78 is 0. The van der Waals surface area contributed by atoms with Crippen LogP contribution < -0.4 is 5.32 Å². The summed E-state index contributed by atoms with van der Waals surface area (Å²) in [5.41, 5.74) is 0.325. The molecule has 20 heavy (non-hydrogen) atoms. The number of carbonyl (C=O) groups excluding carboxylic acids is 2. The topological polar surface area (TPSA) is 62.3 Å². The van der Waals surface area contributed by atoms with E-state index in [0.29, 0.717) is 6.54 Å². The molecule has 2 heterocycles. The van der Waals surface area contributed by atoms with Crippen molar-refractivity contribution in [3.8, 4) is 0 Å². The lowest BCUT2D eigenvalue weighted by Crippen LogP contribution is -2.66. The normalized spacial score (nSPS) is 22.1. The van der Waals surface area contributed by atoms with E-state index in [4.69, 9.17) is 0 Å². The van der Waals surface area contributed by atoms with E-state index >= 15 is 0 Å². The summed E-state index contributed by atoms with van der Waals surface area (Å²) in [7, 11) is 0. The van der Waals surface area contributed by atoms with Crippen LogP contribution in [0.3, 0.4) is 0 Å². The van der Waals surface area contributed by atoms with Crippen molar-refractivity contribution in [2.24, 2.45) is 0 Å². The lowest BCUT2D eigenvalue weighted by Gasteiger charge is -2.43. The standard InChI is InChI=1S/C14H19N3O2S/c1-10-9-20-12(15-10)8-17-7-11(18)16-14(13(17)19)5-3-2-4-6-14/h9H,2-8H2,1H3,(H,16,18). The van der Waals surface area contributed by atoms with Crippen LogP contribution in [0.25, 0.3) is 0 Å². The zero-order valence-electron chi connectivity index (χ0n) is 11.6. The molecule has 1 aromatic rings. The number of amides is 2. The molecule has 0 atom stereocenters. The molecular formula is C14H19N3O2S. The lowest BCUT2D eigenvalue weighted by molar-refractivity contribution is -0.152. The van der Waals surface area contributed by atoms with E-state index in [1.54, 1.807) is 16.2 Å². The first-order chi connectivity index (χ1) is 9.59. The molecule has 1 N–H and O–H groups in total. The van der Waals surface area contributed by atoms with Gasteiger partial charge in [-0.2, -0.15) is 0 Å². The first kappa shape index (κ1) is 13.5. The monoisotopic (exact) mass is 293 g/mol. The Bertz CT molecular complexity index is 534. The van der Waals surface area contributed by atoms with E-state index in [1.165, 1.54) is 0 Å². The minimum atomic E-state index is -0.639. The Morgan fingerprint density at radius 2 is 2.10 bits per heavy atom. The average molecular weight is 293 g/mol. The molecule has 1 spiro atoms. The van der Waals surface area contributed by atoms with Gasteiger partial charge in [0.2, 0.25) is 11.8 Å². The van der Waals surface area contributed by atoms with Gasteiger partial charge in [0.05, 0.1) is 6.54 Å². The quantitative estimate of drug-likeness (QED) is 0.901. The van der Waals surface area contributed by atoms with Crippen molar-refractivity contribution in [1.82, 2.24) is 15.2 Å². The first-order valence-corrected chi connectivity index (χ1v) is 7.98. The van der Waals surface area contributed by atoms with E-state index in [-0.39, 0.29) is 18.4 Å². The molecule has 0 aromatic carbocycles. The third kappa shape index (κ3) is 2.44. The largest absolute Gasteiger partial charge is 0.340 e. The highest BCUT2D eigenvalue weighted by molar-refractivity contribution is 7.09. The SMILES string of the molecule is Cc1csc(CN2CC(=O)NC3(CCCCC3)C2=O)n1. The highest BCUT2D eigenvalue weighted by Gasteiger charge is 2.47. The smallest absolute Gasteiger partial charge is 0.249 e. The second-order valence-corrected chi connectivity index (χ2v) is 6.68. The van der Waals surface area contributed by atoms with Crippen molar-refractivity contribution in [3.05, 3.63) is 16.1 Å². The zero-order valence-corrected chi connectivity index (χ0v) is 12.5. The van der Waals surface area contributed by atoms with Crippen LogP contribution in [0.5, 0.6) is 0 Å². The van der Waals surface area contributed by atoms with Gasteiger partial charge in [-0.25, -0.2) is 4.98 Å². The van der Waals surface area contributed by atoms with E-state index in [1.807, 2.05) is 12.3 Å². The molecule has 1 saturated heterocycles. The Hall–Kier alpha value is -1.43. The molecule has 2 amide bonds. The molecule has 6 heteroatoms. The first-order valence-electron chi connectivity index (χ1n) is 7.10. The number of aromatic nitrogens is 1. The molecule has 1 saturated carbocycles. The third-order valence-electron chi connectivity index (χ3n) is 4.11. The summed E-state index contributed by atoms with van der Waals surface area (Å²) in [5, 5.41) is 5.83. The lowest BCUT2D eigenvalue weighted by atomic mass is 9.79. The van der Waals surface area contributed by atoms with Gasteiger partial charge in [-0.05, 0) is 19.8 Å². The molecule has 108 valence electrons. The number of rotatable bonds is 2. The highest BCUT2D eigenvalue weighted by Crippen LogP contribution is 2.32. The van der Waals surface area contributed by atoms with Gasteiger partial charge in [0.25, 0.3) is 0 Å². The van der Waals surface area contributed by atoms with Crippen LogP contribution in [0, 0.1) is 6.92 Å². The second kappa shape index (κ2) is 5.16. The maximum atomic E-state index is 12.7. The summed E-state index contributed by atoms with van der Waals surface area (Å²) >= 11 is 1.54. The predicted molar refractivity (Wildman–Crippen MR) is 76.2 cm³/mol. The predicted octanol–water partition coefficient (Wildman–Crippen LogP) is 1.61.